The Morgan fingerprint density at radius 2 is 1.90 bits per heavy atom. The van der Waals surface area contributed by atoms with Crippen LogP contribution in [-0.2, 0) is 11.2 Å². The Balaban J connectivity index is 1.95. The molecule has 0 saturated heterocycles. The van der Waals surface area contributed by atoms with Gasteiger partial charge in [-0.05, 0) is 36.5 Å². The zero-order chi connectivity index (χ0) is 14.5. The maximum atomic E-state index is 12.4. The third-order valence-corrected chi connectivity index (χ3v) is 4.47. The highest BCUT2D eigenvalue weighted by Crippen LogP contribution is 2.27. The average Bonchev–Trinajstić information content (AvgIpc) is 2.48. The lowest BCUT2D eigenvalue weighted by atomic mass is 9.85. The summed E-state index contributed by atoms with van der Waals surface area (Å²) in [6.45, 7) is 2.26. The van der Waals surface area contributed by atoms with Crippen LogP contribution in [0, 0.1) is 5.92 Å². The number of hydrogen-bond acceptors (Lipinski definition) is 2. The minimum atomic E-state index is 0.217. The maximum Gasteiger partial charge on any atom is 0.226 e. The molecule has 0 aliphatic heterocycles. The topological polar surface area (TPSA) is 29.5 Å². The fraction of sp³-hybridized carbons (Fsp3) is 0.588. The molecular formula is C17H25NO2. The molecule has 1 aliphatic carbocycles. The van der Waals surface area contributed by atoms with Crippen LogP contribution in [0.5, 0.6) is 5.75 Å². The summed E-state index contributed by atoms with van der Waals surface area (Å²) in [6, 6.07) is 8.16. The summed E-state index contributed by atoms with van der Waals surface area (Å²) in [7, 11) is 3.61. The molecule has 2 unspecified atom stereocenters. The highest BCUT2D eigenvalue weighted by molar-refractivity contribution is 5.78. The normalized spacial score (nSPS) is 22.4. The molecule has 20 heavy (non-hydrogen) atoms. The molecule has 1 aromatic rings. The SMILES string of the molecule is COc1ccc(CC(=O)N(C)C2CCCCC2C)cc1. The van der Waals surface area contributed by atoms with Gasteiger partial charge in [-0.2, -0.15) is 0 Å². The zero-order valence-corrected chi connectivity index (χ0v) is 12.8. The molecule has 0 heterocycles. The van der Waals surface area contributed by atoms with Crippen LogP contribution < -0.4 is 4.74 Å². The summed E-state index contributed by atoms with van der Waals surface area (Å²) in [5.74, 6) is 1.66. The van der Waals surface area contributed by atoms with E-state index in [2.05, 4.69) is 6.92 Å². The molecule has 1 saturated carbocycles. The average molecular weight is 275 g/mol. The van der Waals surface area contributed by atoms with E-state index in [1.165, 1.54) is 19.3 Å². The highest BCUT2D eigenvalue weighted by Gasteiger charge is 2.27. The summed E-state index contributed by atoms with van der Waals surface area (Å²) in [5, 5.41) is 0. The number of hydrogen-bond donors (Lipinski definition) is 0. The third-order valence-electron chi connectivity index (χ3n) is 4.47. The first-order valence-electron chi connectivity index (χ1n) is 7.50. The zero-order valence-electron chi connectivity index (χ0n) is 12.8. The summed E-state index contributed by atoms with van der Waals surface area (Å²) < 4.78 is 5.14. The van der Waals surface area contributed by atoms with Crippen LogP contribution in [0.4, 0.5) is 0 Å². The monoisotopic (exact) mass is 275 g/mol. The van der Waals surface area contributed by atoms with Crippen molar-refractivity contribution in [3.8, 4) is 5.75 Å². The maximum absolute atomic E-state index is 12.4. The molecule has 3 heteroatoms. The molecule has 2 rings (SSSR count). The van der Waals surface area contributed by atoms with Gasteiger partial charge in [-0.3, -0.25) is 4.79 Å². The van der Waals surface area contributed by atoms with Gasteiger partial charge in [-0.1, -0.05) is 31.9 Å². The van der Waals surface area contributed by atoms with Crippen LogP contribution in [0.3, 0.4) is 0 Å². The predicted molar refractivity (Wildman–Crippen MR) is 80.9 cm³/mol. The van der Waals surface area contributed by atoms with Gasteiger partial charge in [-0.15, -0.1) is 0 Å². The van der Waals surface area contributed by atoms with Crippen LogP contribution in [0.1, 0.15) is 38.2 Å². The van der Waals surface area contributed by atoms with Gasteiger partial charge in [0.2, 0.25) is 5.91 Å². The molecule has 1 aromatic carbocycles. The van der Waals surface area contributed by atoms with Crippen molar-refractivity contribution in [3.63, 3.8) is 0 Å². The van der Waals surface area contributed by atoms with Crippen LogP contribution >= 0.6 is 0 Å². The second-order valence-electron chi connectivity index (χ2n) is 5.86. The first kappa shape index (κ1) is 14.9. The number of carbonyl (C=O) groups is 1. The van der Waals surface area contributed by atoms with E-state index in [-0.39, 0.29) is 5.91 Å². The Kier molecular flexibility index (Phi) is 5.05. The van der Waals surface area contributed by atoms with E-state index in [9.17, 15) is 4.79 Å². The van der Waals surface area contributed by atoms with Crippen molar-refractivity contribution in [2.75, 3.05) is 14.2 Å². The van der Waals surface area contributed by atoms with Crippen LogP contribution in [0.2, 0.25) is 0 Å². The number of carbonyl (C=O) groups excluding carboxylic acids is 1. The molecule has 0 bridgehead atoms. The van der Waals surface area contributed by atoms with E-state index in [0.717, 1.165) is 17.7 Å². The lowest BCUT2D eigenvalue weighted by Crippen LogP contribution is -2.43. The summed E-state index contributed by atoms with van der Waals surface area (Å²) >= 11 is 0. The fourth-order valence-corrected chi connectivity index (χ4v) is 3.10. The lowest BCUT2D eigenvalue weighted by Gasteiger charge is -2.36. The molecule has 0 spiro atoms. The minimum Gasteiger partial charge on any atom is -0.497 e. The van der Waals surface area contributed by atoms with Crippen LogP contribution in [0.25, 0.3) is 0 Å². The smallest absolute Gasteiger partial charge is 0.226 e. The molecule has 0 aromatic heterocycles. The van der Waals surface area contributed by atoms with E-state index in [0.29, 0.717) is 18.4 Å². The molecule has 0 N–H and O–H groups in total. The van der Waals surface area contributed by atoms with Crippen LogP contribution in [0.15, 0.2) is 24.3 Å². The first-order valence-corrected chi connectivity index (χ1v) is 7.50. The van der Waals surface area contributed by atoms with Gasteiger partial charge < -0.3 is 9.64 Å². The number of benzene rings is 1. The molecule has 3 nitrogen and oxygen atoms in total. The fourth-order valence-electron chi connectivity index (χ4n) is 3.10. The Bertz CT molecular complexity index is 441. The van der Waals surface area contributed by atoms with Crippen molar-refractivity contribution >= 4 is 5.91 Å². The number of ether oxygens (including phenoxy) is 1. The minimum absolute atomic E-state index is 0.217. The van der Waals surface area contributed by atoms with Crippen molar-refractivity contribution in [2.45, 2.75) is 45.1 Å². The molecule has 1 fully saturated rings. The lowest BCUT2D eigenvalue weighted by molar-refractivity contribution is -0.132. The Morgan fingerprint density at radius 1 is 1.25 bits per heavy atom. The van der Waals surface area contributed by atoms with E-state index in [1.54, 1.807) is 7.11 Å². The van der Waals surface area contributed by atoms with E-state index in [1.807, 2.05) is 36.2 Å². The predicted octanol–water partition coefficient (Wildman–Crippen LogP) is 3.27. The molecular weight excluding hydrogens is 250 g/mol. The largest absolute Gasteiger partial charge is 0.497 e. The molecule has 1 aliphatic rings. The van der Waals surface area contributed by atoms with Gasteiger partial charge in [0.1, 0.15) is 5.75 Å². The van der Waals surface area contributed by atoms with Crippen molar-refractivity contribution in [1.29, 1.82) is 0 Å². The van der Waals surface area contributed by atoms with E-state index >= 15 is 0 Å². The summed E-state index contributed by atoms with van der Waals surface area (Å²) in [4.78, 5) is 14.4. The Labute approximate surface area is 121 Å². The first-order chi connectivity index (χ1) is 9.61. The summed E-state index contributed by atoms with van der Waals surface area (Å²) in [6.07, 6.45) is 5.41. The van der Waals surface area contributed by atoms with Gasteiger partial charge >= 0.3 is 0 Å². The Hall–Kier alpha value is -1.51. The van der Waals surface area contributed by atoms with E-state index in [4.69, 9.17) is 4.74 Å². The highest BCUT2D eigenvalue weighted by atomic mass is 16.5. The van der Waals surface area contributed by atoms with Gasteiger partial charge in [0.25, 0.3) is 0 Å². The van der Waals surface area contributed by atoms with Gasteiger partial charge in [-0.25, -0.2) is 0 Å². The second-order valence-corrected chi connectivity index (χ2v) is 5.86. The number of amides is 1. The number of nitrogens with zero attached hydrogens (tertiary/aromatic N) is 1. The van der Waals surface area contributed by atoms with Crippen molar-refractivity contribution < 1.29 is 9.53 Å². The van der Waals surface area contributed by atoms with Crippen molar-refractivity contribution in [2.24, 2.45) is 5.92 Å². The number of rotatable bonds is 4. The van der Waals surface area contributed by atoms with Gasteiger partial charge in [0.15, 0.2) is 0 Å². The number of methoxy groups -OCH3 is 1. The standard InChI is InChI=1S/C17H25NO2/c1-13-6-4-5-7-16(13)18(2)17(19)12-14-8-10-15(20-3)11-9-14/h8-11,13,16H,4-7,12H2,1-3H3. The molecule has 0 radical (unpaired) electrons. The summed E-state index contributed by atoms with van der Waals surface area (Å²) in [5.41, 5.74) is 1.05. The molecule has 110 valence electrons. The molecule has 2 atom stereocenters. The van der Waals surface area contributed by atoms with Crippen LogP contribution in [-0.4, -0.2) is 31.0 Å². The van der Waals surface area contributed by atoms with E-state index < -0.39 is 0 Å². The quantitative estimate of drug-likeness (QED) is 0.844. The van der Waals surface area contributed by atoms with Crippen molar-refractivity contribution in [3.05, 3.63) is 29.8 Å². The third kappa shape index (κ3) is 3.53. The molecule has 1 amide bonds. The van der Waals surface area contributed by atoms with Crippen molar-refractivity contribution in [1.82, 2.24) is 4.90 Å². The Morgan fingerprint density at radius 3 is 2.50 bits per heavy atom. The van der Waals surface area contributed by atoms with Gasteiger partial charge in [0.05, 0.1) is 13.5 Å². The number of likely N-dealkylation sites (N-methyl/N-ethyl adjacent to an activating group) is 1. The van der Waals surface area contributed by atoms with Gasteiger partial charge in [0, 0.05) is 13.1 Å². The second kappa shape index (κ2) is 6.78.